The van der Waals surface area contributed by atoms with Gasteiger partial charge in [-0.3, -0.25) is 0 Å². The lowest BCUT2D eigenvalue weighted by atomic mass is 9.94. The second-order valence-electron chi connectivity index (χ2n) is 17.4. The number of rotatable bonds is 4. The summed E-state index contributed by atoms with van der Waals surface area (Å²) in [4.78, 5) is 10.7. The zero-order valence-electron chi connectivity index (χ0n) is 35.9. The van der Waals surface area contributed by atoms with Gasteiger partial charge in [0.05, 0.1) is 50.0 Å². The third kappa shape index (κ3) is 5.28. The van der Waals surface area contributed by atoms with E-state index in [2.05, 4.69) is 214 Å². The summed E-state index contributed by atoms with van der Waals surface area (Å²) in [6.07, 6.45) is 8.68. The number of fused-ring (bicyclic) bond motifs is 13. The van der Waals surface area contributed by atoms with E-state index in [1.165, 1.54) is 65.2 Å². The second kappa shape index (κ2) is 14.1. The fourth-order valence-electron chi connectivity index (χ4n) is 10.9. The van der Waals surface area contributed by atoms with Crippen LogP contribution in [-0.2, 0) is 6.54 Å². The average Bonchev–Trinajstić information content (AvgIpc) is 4.02. The first-order valence-electron chi connectivity index (χ1n) is 22.6. The molecule has 0 amide bonds. The van der Waals surface area contributed by atoms with Crippen LogP contribution in [0.1, 0.15) is 5.56 Å². The van der Waals surface area contributed by atoms with Gasteiger partial charge in [-0.15, -0.1) is 0 Å². The maximum atomic E-state index is 5.37. The maximum Gasteiger partial charge on any atom is 0.0973 e. The van der Waals surface area contributed by atoms with E-state index in [0.29, 0.717) is 0 Å². The Morgan fingerprint density at radius 1 is 0.424 bits per heavy atom. The van der Waals surface area contributed by atoms with Crippen molar-refractivity contribution in [1.82, 2.24) is 23.7 Å². The van der Waals surface area contributed by atoms with Crippen LogP contribution in [-0.4, -0.2) is 23.7 Å². The Labute approximate surface area is 379 Å². The van der Waals surface area contributed by atoms with Gasteiger partial charge in [-0.05, 0) is 89.1 Å². The van der Waals surface area contributed by atoms with Crippen molar-refractivity contribution in [2.75, 3.05) is 0 Å². The molecular weight excluding hydrogens is 803 g/mol. The third-order valence-electron chi connectivity index (χ3n) is 13.8. The first-order chi connectivity index (χ1) is 32.7. The van der Waals surface area contributed by atoms with Crippen molar-refractivity contribution < 1.29 is 0 Å². The van der Waals surface area contributed by atoms with Crippen molar-refractivity contribution in [3.8, 4) is 33.9 Å². The summed E-state index contributed by atoms with van der Waals surface area (Å²) < 4.78 is 7.27. The lowest BCUT2D eigenvalue weighted by Crippen LogP contribution is -1.99. The van der Waals surface area contributed by atoms with Crippen LogP contribution in [0.3, 0.4) is 0 Å². The molecule has 0 aliphatic carbocycles. The monoisotopic (exact) mass is 841 g/mol. The molecule has 9 aromatic carbocycles. The zero-order valence-corrected chi connectivity index (χ0v) is 35.9. The maximum absolute atomic E-state index is 5.37. The van der Waals surface area contributed by atoms with E-state index in [9.17, 15) is 0 Å². The topological polar surface area (TPSA) is 40.6 Å². The molecule has 0 atom stereocenters. The summed E-state index contributed by atoms with van der Waals surface area (Å²) >= 11 is 0. The van der Waals surface area contributed by atoms with Crippen LogP contribution in [0.5, 0.6) is 0 Å². The van der Waals surface area contributed by atoms with Crippen molar-refractivity contribution in [1.29, 1.82) is 0 Å². The molecule has 0 saturated carbocycles. The standard InChI is InChI=1S/C61H39N5/c1-38-16-4-3-15-35-64-51-25-13-9-22-46(51)48-37-55-58(56(38)61(48)64)57-44-20-8-7-17-39(44)29-34-54(57)66(55)43-31-27-40(28-32-43)59-60(63-50-24-12-11-23-49(50)62-59)41-30-33-53-47(36-41)45-21-10-14-26-52(45)65(53)42-18-5-2-6-19-42/h2-34,36-37H,1,35H2/b15-3-,16-4-. The molecule has 0 N–H and O–H groups in total. The summed E-state index contributed by atoms with van der Waals surface area (Å²) in [5.74, 6) is 0. The molecule has 0 unspecified atom stereocenters. The summed E-state index contributed by atoms with van der Waals surface area (Å²) in [5, 5.41) is 9.72. The van der Waals surface area contributed by atoms with Gasteiger partial charge in [-0.25, -0.2) is 9.97 Å². The Bertz CT molecular complexity index is 4250. The predicted molar refractivity (Wildman–Crippen MR) is 277 cm³/mol. The van der Waals surface area contributed by atoms with Crippen molar-refractivity contribution >= 4 is 92.8 Å². The number of hydrogen-bond donors (Lipinski definition) is 0. The highest BCUT2D eigenvalue weighted by Gasteiger charge is 2.25. The SMILES string of the molecule is C=C1/C=C\C=C/Cn2c3ccccc3c3cc4c(c1c32)c1c2ccccc2ccc1n4-c1ccc(-c2nc3ccccc3nc2-c2ccc3c(c2)c2ccccc2n3-c2ccccc2)cc1. The molecule has 1 aliphatic heterocycles. The van der Waals surface area contributed by atoms with E-state index >= 15 is 0 Å². The van der Waals surface area contributed by atoms with Gasteiger partial charge >= 0.3 is 0 Å². The number of hydrogen-bond acceptors (Lipinski definition) is 2. The Kier molecular flexibility index (Phi) is 7.83. The van der Waals surface area contributed by atoms with Gasteiger partial charge in [0.1, 0.15) is 0 Å². The van der Waals surface area contributed by atoms with E-state index in [4.69, 9.17) is 16.5 Å². The van der Waals surface area contributed by atoms with Crippen LogP contribution >= 0.6 is 0 Å². The minimum Gasteiger partial charge on any atom is -0.336 e. The fourth-order valence-corrected chi connectivity index (χ4v) is 10.9. The van der Waals surface area contributed by atoms with E-state index in [1.807, 2.05) is 12.1 Å². The minimum atomic E-state index is 0.769. The molecule has 14 rings (SSSR count). The van der Waals surface area contributed by atoms with Crippen LogP contribution in [0.4, 0.5) is 0 Å². The van der Waals surface area contributed by atoms with E-state index < -0.39 is 0 Å². The van der Waals surface area contributed by atoms with Gasteiger partial charge < -0.3 is 13.7 Å². The molecule has 5 heteroatoms. The van der Waals surface area contributed by atoms with E-state index in [-0.39, 0.29) is 0 Å². The Morgan fingerprint density at radius 2 is 1.03 bits per heavy atom. The molecule has 0 bridgehead atoms. The van der Waals surface area contributed by atoms with Gasteiger partial charge in [0.2, 0.25) is 0 Å². The smallest absolute Gasteiger partial charge is 0.0973 e. The van der Waals surface area contributed by atoms with Crippen molar-refractivity contribution in [2.45, 2.75) is 6.54 Å². The fraction of sp³-hybridized carbons (Fsp3) is 0.0164. The number of allylic oxidation sites excluding steroid dienone is 5. The molecule has 0 saturated heterocycles. The highest BCUT2D eigenvalue weighted by Crippen LogP contribution is 2.47. The van der Waals surface area contributed by atoms with Crippen LogP contribution in [0.2, 0.25) is 0 Å². The van der Waals surface area contributed by atoms with Crippen LogP contribution in [0.25, 0.3) is 127 Å². The summed E-state index contributed by atoms with van der Waals surface area (Å²) in [6, 6.07) is 67.7. The van der Waals surface area contributed by atoms with E-state index in [0.717, 1.165) is 73.6 Å². The average molecular weight is 842 g/mol. The highest BCUT2D eigenvalue weighted by atomic mass is 15.0. The molecule has 5 nitrogen and oxygen atoms in total. The Balaban J connectivity index is 1.00. The second-order valence-corrected chi connectivity index (χ2v) is 17.4. The van der Waals surface area contributed by atoms with Crippen LogP contribution in [0, 0.1) is 0 Å². The van der Waals surface area contributed by atoms with Gasteiger partial charge in [0, 0.05) is 72.4 Å². The predicted octanol–water partition coefficient (Wildman–Crippen LogP) is 15.6. The van der Waals surface area contributed by atoms with Gasteiger partial charge in [-0.2, -0.15) is 0 Å². The molecule has 5 heterocycles. The first-order valence-corrected chi connectivity index (χ1v) is 22.6. The molecular formula is C61H39N5. The molecule has 66 heavy (non-hydrogen) atoms. The number of nitrogens with zero attached hydrogens (tertiary/aromatic N) is 5. The van der Waals surface area contributed by atoms with Crippen molar-refractivity contribution in [2.24, 2.45) is 0 Å². The number of aromatic nitrogens is 5. The number of benzene rings is 9. The Morgan fingerprint density at radius 3 is 1.83 bits per heavy atom. The number of para-hydroxylation sites is 5. The van der Waals surface area contributed by atoms with Gasteiger partial charge in [0.15, 0.2) is 0 Å². The molecule has 13 aromatic rings. The van der Waals surface area contributed by atoms with Crippen LogP contribution in [0.15, 0.2) is 219 Å². The summed E-state index contributed by atoms with van der Waals surface area (Å²) in [7, 11) is 0. The summed E-state index contributed by atoms with van der Waals surface area (Å²) in [6.45, 7) is 5.53. The summed E-state index contributed by atoms with van der Waals surface area (Å²) in [5.41, 5.74) is 16.9. The Hall–Kier alpha value is -8.80. The normalized spacial score (nSPS) is 14.0. The van der Waals surface area contributed by atoms with E-state index in [1.54, 1.807) is 0 Å². The molecule has 0 radical (unpaired) electrons. The van der Waals surface area contributed by atoms with Gasteiger partial charge in [-0.1, -0.05) is 146 Å². The highest BCUT2D eigenvalue weighted by molar-refractivity contribution is 6.29. The lowest BCUT2D eigenvalue weighted by molar-refractivity contribution is 0.899. The van der Waals surface area contributed by atoms with Crippen LogP contribution < -0.4 is 0 Å². The molecule has 308 valence electrons. The third-order valence-corrected chi connectivity index (χ3v) is 13.8. The largest absolute Gasteiger partial charge is 0.336 e. The quantitative estimate of drug-likeness (QED) is 0.177. The molecule has 4 aromatic heterocycles. The van der Waals surface area contributed by atoms with Crippen molar-refractivity contribution in [3.05, 3.63) is 225 Å². The molecule has 1 aliphatic rings. The molecule has 0 spiro atoms. The minimum absolute atomic E-state index is 0.769. The van der Waals surface area contributed by atoms with Crippen molar-refractivity contribution in [3.63, 3.8) is 0 Å². The first kappa shape index (κ1) is 36.7. The van der Waals surface area contributed by atoms with Gasteiger partial charge in [0.25, 0.3) is 0 Å². The molecule has 0 fully saturated rings. The zero-order chi connectivity index (χ0) is 43.5. The lowest BCUT2D eigenvalue weighted by Gasteiger charge is -2.14.